The number of carbonyl (C=O) groups is 1. The highest BCUT2D eigenvalue weighted by atomic mass is 16.1. The SMILES string of the molecule is C#CC(C)NC(=O)/C=C/C. The van der Waals surface area contributed by atoms with Crippen LogP contribution in [0.4, 0.5) is 0 Å². The average Bonchev–Trinajstić information content (AvgIpc) is 1.88. The first-order valence-electron chi connectivity index (χ1n) is 3.10. The third kappa shape index (κ3) is 3.73. The summed E-state index contributed by atoms with van der Waals surface area (Å²) in [7, 11) is 0. The van der Waals surface area contributed by atoms with Gasteiger partial charge in [0.2, 0.25) is 5.91 Å². The van der Waals surface area contributed by atoms with E-state index in [4.69, 9.17) is 6.42 Å². The summed E-state index contributed by atoms with van der Waals surface area (Å²) in [5.74, 6) is 2.24. The molecule has 10 heavy (non-hydrogen) atoms. The minimum absolute atomic E-state index is 0.145. The van der Waals surface area contributed by atoms with Gasteiger partial charge in [0.1, 0.15) is 0 Å². The Bertz CT molecular complexity index is 176. The highest BCUT2D eigenvalue weighted by Gasteiger charge is 1.97. The summed E-state index contributed by atoms with van der Waals surface area (Å²) in [5.41, 5.74) is 0. The molecule has 0 aliphatic carbocycles. The topological polar surface area (TPSA) is 29.1 Å². The zero-order valence-electron chi connectivity index (χ0n) is 6.22. The molecule has 0 saturated carbocycles. The van der Waals surface area contributed by atoms with E-state index in [0.29, 0.717) is 0 Å². The number of amides is 1. The lowest BCUT2D eigenvalue weighted by Crippen LogP contribution is -2.29. The third-order valence-electron chi connectivity index (χ3n) is 0.927. The Labute approximate surface area is 61.3 Å². The van der Waals surface area contributed by atoms with Crippen LogP contribution in [0.2, 0.25) is 0 Å². The van der Waals surface area contributed by atoms with Gasteiger partial charge in [-0.15, -0.1) is 6.42 Å². The van der Waals surface area contributed by atoms with Crippen LogP contribution in [0.25, 0.3) is 0 Å². The Morgan fingerprint density at radius 2 is 2.40 bits per heavy atom. The van der Waals surface area contributed by atoms with E-state index in [1.165, 1.54) is 6.08 Å². The number of allylic oxidation sites excluding steroid dienone is 1. The van der Waals surface area contributed by atoms with E-state index in [-0.39, 0.29) is 11.9 Å². The highest BCUT2D eigenvalue weighted by molar-refractivity contribution is 5.87. The Balaban J connectivity index is 3.71. The molecule has 0 spiro atoms. The average molecular weight is 137 g/mol. The van der Waals surface area contributed by atoms with Gasteiger partial charge in [-0.05, 0) is 19.9 Å². The van der Waals surface area contributed by atoms with Crippen molar-refractivity contribution in [1.29, 1.82) is 0 Å². The molecule has 1 atom stereocenters. The minimum atomic E-state index is -0.191. The summed E-state index contributed by atoms with van der Waals surface area (Å²) in [6.07, 6.45) is 8.13. The molecule has 0 rings (SSSR count). The van der Waals surface area contributed by atoms with Crippen LogP contribution in [0.1, 0.15) is 13.8 Å². The van der Waals surface area contributed by atoms with Crippen molar-refractivity contribution in [2.24, 2.45) is 0 Å². The molecule has 0 bridgehead atoms. The van der Waals surface area contributed by atoms with E-state index >= 15 is 0 Å². The number of carbonyl (C=O) groups excluding carboxylic acids is 1. The zero-order valence-corrected chi connectivity index (χ0v) is 6.22. The van der Waals surface area contributed by atoms with Gasteiger partial charge in [-0.25, -0.2) is 0 Å². The number of hydrogen-bond donors (Lipinski definition) is 1. The molecular weight excluding hydrogens is 126 g/mol. The van der Waals surface area contributed by atoms with Crippen molar-refractivity contribution in [2.45, 2.75) is 19.9 Å². The van der Waals surface area contributed by atoms with Crippen LogP contribution in [0.3, 0.4) is 0 Å². The van der Waals surface area contributed by atoms with E-state index in [0.717, 1.165) is 0 Å². The number of rotatable bonds is 2. The summed E-state index contributed by atoms with van der Waals surface area (Å²) in [6, 6.07) is -0.191. The van der Waals surface area contributed by atoms with Crippen LogP contribution in [-0.2, 0) is 4.79 Å². The largest absolute Gasteiger partial charge is 0.339 e. The van der Waals surface area contributed by atoms with Crippen LogP contribution < -0.4 is 5.32 Å². The Morgan fingerprint density at radius 1 is 1.80 bits per heavy atom. The maximum Gasteiger partial charge on any atom is 0.244 e. The van der Waals surface area contributed by atoms with Crippen LogP contribution in [0.5, 0.6) is 0 Å². The maximum absolute atomic E-state index is 10.7. The normalized spacial score (nSPS) is 12.5. The van der Waals surface area contributed by atoms with Crippen molar-refractivity contribution in [3.63, 3.8) is 0 Å². The third-order valence-corrected chi connectivity index (χ3v) is 0.927. The highest BCUT2D eigenvalue weighted by Crippen LogP contribution is 1.78. The monoisotopic (exact) mass is 137 g/mol. The van der Waals surface area contributed by atoms with Gasteiger partial charge >= 0.3 is 0 Å². The minimum Gasteiger partial charge on any atom is -0.339 e. The van der Waals surface area contributed by atoms with E-state index in [1.54, 1.807) is 19.9 Å². The lowest BCUT2D eigenvalue weighted by molar-refractivity contribution is -0.116. The van der Waals surface area contributed by atoms with Gasteiger partial charge in [0.15, 0.2) is 0 Å². The van der Waals surface area contributed by atoms with Crippen LogP contribution >= 0.6 is 0 Å². The molecule has 0 fully saturated rings. The lowest BCUT2D eigenvalue weighted by Gasteiger charge is -2.02. The molecule has 0 aromatic heterocycles. The van der Waals surface area contributed by atoms with E-state index in [9.17, 15) is 4.79 Å². The molecule has 0 heterocycles. The van der Waals surface area contributed by atoms with Gasteiger partial charge in [0, 0.05) is 0 Å². The van der Waals surface area contributed by atoms with Crippen molar-refractivity contribution in [3.05, 3.63) is 12.2 Å². The first-order chi connectivity index (χ1) is 4.70. The molecular formula is C8H11NO. The predicted octanol–water partition coefficient (Wildman–Crippen LogP) is 0.700. The second-order valence-electron chi connectivity index (χ2n) is 1.90. The molecule has 2 heteroatoms. The van der Waals surface area contributed by atoms with E-state index in [1.807, 2.05) is 0 Å². The molecule has 0 aromatic carbocycles. The number of hydrogen-bond acceptors (Lipinski definition) is 1. The van der Waals surface area contributed by atoms with Gasteiger partial charge in [-0.1, -0.05) is 12.0 Å². The first-order valence-corrected chi connectivity index (χ1v) is 3.10. The van der Waals surface area contributed by atoms with Crippen molar-refractivity contribution < 1.29 is 4.79 Å². The molecule has 0 aliphatic rings. The van der Waals surface area contributed by atoms with Crippen molar-refractivity contribution in [3.8, 4) is 12.3 Å². The first kappa shape index (κ1) is 8.77. The zero-order chi connectivity index (χ0) is 7.98. The molecule has 0 aromatic rings. The summed E-state index contributed by atoms with van der Waals surface area (Å²) < 4.78 is 0. The van der Waals surface area contributed by atoms with Crippen molar-refractivity contribution in [2.75, 3.05) is 0 Å². The quantitative estimate of drug-likeness (QED) is 0.440. The molecule has 2 nitrogen and oxygen atoms in total. The Hall–Kier alpha value is -1.23. The number of terminal acetylenes is 1. The van der Waals surface area contributed by atoms with E-state index in [2.05, 4.69) is 11.2 Å². The fourth-order valence-electron chi connectivity index (χ4n) is 0.455. The van der Waals surface area contributed by atoms with Gasteiger partial charge in [-0.3, -0.25) is 4.79 Å². The standard InChI is InChI=1S/C8H11NO/c1-4-6-8(10)9-7(3)5-2/h2,4,6-7H,1,3H3,(H,9,10)/b6-4+. The summed E-state index contributed by atoms with van der Waals surface area (Å²) in [4.78, 5) is 10.7. The molecule has 0 radical (unpaired) electrons. The Kier molecular flexibility index (Phi) is 4.06. The fraction of sp³-hybridized carbons (Fsp3) is 0.375. The predicted molar refractivity (Wildman–Crippen MR) is 41.3 cm³/mol. The van der Waals surface area contributed by atoms with Crippen LogP contribution in [0, 0.1) is 12.3 Å². The summed E-state index contributed by atoms with van der Waals surface area (Å²) in [5, 5.41) is 2.57. The van der Waals surface area contributed by atoms with Crippen molar-refractivity contribution in [1.82, 2.24) is 5.32 Å². The maximum atomic E-state index is 10.7. The van der Waals surface area contributed by atoms with Gasteiger partial charge in [-0.2, -0.15) is 0 Å². The molecule has 1 amide bonds. The van der Waals surface area contributed by atoms with Gasteiger partial charge in [0.05, 0.1) is 6.04 Å². The van der Waals surface area contributed by atoms with Crippen molar-refractivity contribution >= 4 is 5.91 Å². The molecule has 1 unspecified atom stereocenters. The molecule has 1 N–H and O–H groups in total. The second kappa shape index (κ2) is 4.63. The second-order valence-corrected chi connectivity index (χ2v) is 1.90. The fourth-order valence-corrected chi connectivity index (χ4v) is 0.455. The molecule has 0 saturated heterocycles. The molecule has 54 valence electrons. The lowest BCUT2D eigenvalue weighted by atomic mass is 10.3. The molecule has 0 aliphatic heterocycles. The van der Waals surface area contributed by atoms with Gasteiger partial charge < -0.3 is 5.32 Å². The van der Waals surface area contributed by atoms with Gasteiger partial charge in [0.25, 0.3) is 0 Å². The van der Waals surface area contributed by atoms with Crippen LogP contribution in [-0.4, -0.2) is 11.9 Å². The summed E-state index contributed by atoms with van der Waals surface area (Å²) >= 11 is 0. The smallest absolute Gasteiger partial charge is 0.244 e. The Morgan fingerprint density at radius 3 is 2.80 bits per heavy atom. The van der Waals surface area contributed by atoms with Crippen LogP contribution in [0.15, 0.2) is 12.2 Å². The number of nitrogens with one attached hydrogen (secondary N) is 1. The summed E-state index contributed by atoms with van der Waals surface area (Å²) in [6.45, 7) is 3.53. The van der Waals surface area contributed by atoms with E-state index < -0.39 is 0 Å².